The number of aliphatic carboxylic acids is 1. The molecule has 0 aliphatic heterocycles. The number of carboxylic acid groups (broad SMARTS) is 1. The quantitative estimate of drug-likeness (QED) is 0.709. The van der Waals surface area contributed by atoms with Crippen LogP contribution < -0.4 is 0 Å². The number of hydrogen-bond acceptors (Lipinski definition) is 1. The molecule has 19 heavy (non-hydrogen) atoms. The Morgan fingerprint density at radius 2 is 1.74 bits per heavy atom. The molecule has 0 bridgehead atoms. The van der Waals surface area contributed by atoms with Crippen LogP contribution in [-0.4, -0.2) is 11.1 Å². The molecule has 0 saturated carbocycles. The van der Waals surface area contributed by atoms with Crippen LogP contribution in [0.1, 0.15) is 58.4 Å². The van der Waals surface area contributed by atoms with Gasteiger partial charge >= 0.3 is 0 Å². The highest BCUT2D eigenvalue weighted by atomic mass is 16.4. The van der Waals surface area contributed by atoms with Crippen molar-refractivity contribution >= 4 is 5.97 Å². The van der Waals surface area contributed by atoms with Crippen LogP contribution in [0.3, 0.4) is 0 Å². The molecule has 0 aromatic heterocycles. The van der Waals surface area contributed by atoms with Crippen molar-refractivity contribution in [2.45, 2.75) is 59.3 Å². The topological polar surface area (TPSA) is 37.3 Å². The maximum Gasteiger partial charge on any atom is 0.300 e. The summed E-state index contributed by atoms with van der Waals surface area (Å²) >= 11 is 0. The third-order valence-corrected chi connectivity index (χ3v) is 3.16. The van der Waals surface area contributed by atoms with Crippen molar-refractivity contribution in [2.24, 2.45) is 5.92 Å². The highest BCUT2D eigenvalue weighted by Gasteiger charge is 2.06. The van der Waals surface area contributed by atoms with E-state index in [-0.39, 0.29) is 0 Å². The average molecular weight is 264 g/mol. The Bertz CT molecular complexity index is 315. The van der Waals surface area contributed by atoms with Gasteiger partial charge in [0.2, 0.25) is 0 Å². The summed E-state index contributed by atoms with van der Waals surface area (Å²) in [7, 11) is 0. The van der Waals surface area contributed by atoms with Gasteiger partial charge in [-0.1, -0.05) is 76.3 Å². The Labute approximate surface area is 117 Å². The second-order valence-corrected chi connectivity index (χ2v) is 4.98. The minimum Gasteiger partial charge on any atom is -0.481 e. The lowest BCUT2D eigenvalue weighted by Crippen LogP contribution is -2.03. The molecule has 0 amide bonds. The van der Waals surface area contributed by atoms with Gasteiger partial charge in [0.15, 0.2) is 0 Å². The molecule has 1 atom stereocenters. The lowest BCUT2D eigenvalue weighted by molar-refractivity contribution is -0.134. The molecular weight excluding hydrogens is 236 g/mol. The maximum absolute atomic E-state index is 9.00. The number of rotatable bonds is 7. The normalized spacial score (nSPS) is 11.3. The van der Waals surface area contributed by atoms with Crippen LogP contribution >= 0.6 is 0 Å². The fourth-order valence-corrected chi connectivity index (χ4v) is 2.08. The van der Waals surface area contributed by atoms with Gasteiger partial charge in [-0.2, -0.15) is 0 Å². The van der Waals surface area contributed by atoms with E-state index in [4.69, 9.17) is 9.90 Å². The summed E-state index contributed by atoms with van der Waals surface area (Å²) in [6, 6.07) is 10.9. The van der Waals surface area contributed by atoms with E-state index in [9.17, 15) is 0 Å². The Kier molecular flexibility index (Phi) is 11.0. The highest BCUT2D eigenvalue weighted by Crippen LogP contribution is 2.18. The fraction of sp³-hybridized carbons (Fsp3) is 0.588. The monoisotopic (exact) mass is 264 g/mol. The average Bonchev–Trinajstić information content (AvgIpc) is 2.38. The predicted molar refractivity (Wildman–Crippen MR) is 81.4 cm³/mol. The molecule has 0 fully saturated rings. The molecule has 1 aromatic carbocycles. The first-order valence-electron chi connectivity index (χ1n) is 7.33. The van der Waals surface area contributed by atoms with Gasteiger partial charge in [0.1, 0.15) is 0 Å². The Balaban J connectivity index is 0.000000711. The zero-order chi connectivity index (χ0) is 14.5. The van der Waals surface area contributed by atoms with Gasteiger partial charge in [-0.25, -0.2) is 0 Å². The van der Waals surface area contributed by atoms with Crippen molar-refractivity contribution in [1.29, 1.82) is 0 Å². The van der Waals surface area contributed by atoms with Crippen LogP contribution in [0.5, 0.6) is 0 Å². The SMILES string of the molecule is CC(=O)O.CCCCCC(CC)Cc1ccccc1. The number of unbranched alkanes of at least 4 members (excludes halogenated alkanes) is 2. The minimum atomic E-state index is -0.833. The molecule has 1 unspecified atom stereocenters. The van der Waals surface area contributed by atoms with E-state index in [0.29, 0.717) is 0 Å². The van der Waals surface area contributed by atoms with Gasteiger partial charge < -0.3 is 5.11 Å². The second kappa shape index (κ2) is 11.8. The molecule has 1 aromatic rings. The van der Waals surface area contributed by atoms with Crippen LogP contribution in [-0.2, 0) is 11.2 Å². The molecule has 2 nitrogen and oxygen atoms in total. The van der Waals surface area contributed by atoms with Crippen LogP contribution in [0.4, 0.5) is 0 Å². The molecule has 1 rings (SSSR count). The molecule has 0 saturated heterocycles. The van der Waals surface area contributed by atoms with Gasteiger partial charge in [-0.3, -0.25) is 4.79 Å². The van der Waals surface area contributed by atoms with Crippen LogP contribution in [0.15, 0.2) is 30.3 Å². The zero-order valence-corrected chi connectivity index (χ0v) is 12.6. The minimum absolute atomic E-state index is 0.833. The third-order valence-electron chi connectivity index (χ3n) is 3.16. The van der Waals surface area contributed by atoms with E-state index in [1.54, 1.807) is 0 Å². The summed E-state index contributed by atoms with van der Waals surface area (Å²) in [5, 5.41) is 7.42. The van der Waals surface area contributed by atoms with Gasteiger partial charge in [-0.15, -0.1) is 0 Å². The van der Waals surface area contributed by atoms with E-state index in [0.717, 1.165) is 12.8 Å². The summed E-state index contributed by atoms with van der Waals surface area (Å²) in [6.45, 7) is 5.68. The fourth-order valence-electron chi connectivity index (χ4n) is 2.08. The van der Waals surface area contributed by atoms with Crippen LogP contribution in [0, 0.1) is 5.92 Å². The first-order valence-corrected chi connectivity index (χ1v) is 7.33. The molecule has 0 aliphatic rings. The van der Waals surface area contributed by atoms with Crippen molar-refractivity contribution in [3.63, 3.8) is 0 Å². The summed E-state index contributed by atoms with van der Waals surface area (Å²) in [5.41, 5.74) is 1.50. The van der Waals surface area contributed by atoms with Gasteiger partial charge in [0.25, 0.3) is 5.97 Å². The molecule has 2 heteroatoms. The Morgan fingerprint density at radius 1 is 1.16 bits per heavy atom. The predicted octanol–water partition coefficient (Wildman–Crippen LogP) is 4.93. The van der Waals surface area contributed by atoms with Gasteiger partial charge in [0.05, 0.1) is 0 Å². The zero-order valence-electron chi connectivity index (χ0n) is 12.6. The first kappa shape index (κ1) is 17.7. The Morgan fingerprint density at radius 3 is 2.21 bits per heavy atom. The van der Waals surface area contributed by atoms with E-state index >= 15 is 0 Å². The molecular formula is C17H28O2. The number of carboxylic acids is 1. The highest BCUT2D eigenvalue weighted by molar-refractivity contribution is 5.62. The molecule has 0 radical (unpaired) electrons. The Hall–Kier alpha value is -1.31. The van der Waals surface area contributed by atoms with E-state index in [2.05, 4.69) is 44.2 Å². The first-order chi connectivity index (χ1) is 9.10. The largest absolute Gasteiger partial charge is 0.481 e. The van der Waals surface area contributed by atoms with Crippen molar-refractivity contribution in [2.75, 3.05) is 0 Å². The van der Waals surface area contributed by atoms with Crippen molar-refractivity contribution < 1.29 is 9.90 Å². The lowest BCUT2D eigenvalue weighted by Gasteiger charge is -2.14. The van der Waals surface area contributed by atoms with E-state index in [1.807, 2.05) is 0 Å². The smallest absolute Gasteiger partial charge is 0.300 e. The van der Waals surface area contributed by atoms with Crippen molar-refractivity contribution in [3.05, 3.63) is 35.9 Å². The lowest BCUT2D eigenvalue weighted by atomic mass is 9.92. The summed E-state index contributed by atoms with van der Waals surface area (Å²) < 4.78 is 0. The summed E-state index contributed by atoms with van der Waals surface area (Å²) in [6.07, 6.45) is 8.12. The number of hydrogen-bond donors (Lipinski definition) is 1. The molecule has 0 spiro atoms. The third kappa shape index (κ3) is 11.5. The van der Waals surface area contributed by atoms with E-state index in [1.165, 1.54) is 44.1 Å². The van der Waals surface area contributed by atoms with Crippen molar-refractivity contribution in [3.8, 4) is 0 Å². The standard InChI is InChI=1S/C15H24.C2H4O2/c1-3-5-7-10-14(4-2)13-15-11-8-6-9-12-15;1-2(3)4/h6,8-9,11-12,14H,3-5,7,10,13H2,1-2H3;1H3,(H,3,4). The molecule has 0 heterocycles. The van der Waals surface area contributed by atoms with Crippen LogP contribution in [0.25, 0.3) is 0 Å². The molecule has 1 N–H and O–H groups in total. The van der Waals surface area contributed by atoms with Crippen LogP contribution in [0.2, 0.25) is 0 Å². The van der Waals surface area contributed by atoms with Crippen molar-refractivity contribution in [1.82, 2.24) is 0 Å². The number of benzene rings is 1. The molecule has 108 valence electrons. The van der Waals surface area contributed by atoms with Gasteiger partial charge in [0, 0.05) is 6.92 Å². The number of carbonyl (C=O) groups is 1. The van der Waals surface area contributed by atoms with E-state index < -0.39 is 5.97 Å². The summed E-state index contributed by atoms with van der Waals surface area (Å²) in [5.74, 6) is 0.0546. The maximum atomic E-state index is 9.00. The summed E-state index contributed by atoms with van der Waals surface area (Å²) in [4.78, 5) is 9.00. The van der Waals surface area contributed by atoms with Gasteiger partial charge in [-0.05, 0) is 17.9 Å². The molecule has 0 aliphatic carbocycles. The second-order valence-electron chi connectivity index (χ2n) is 4.98.